The maximum absolute atomic E-state index is 13.0. The molecular formula is C18H24FN3O2. The van der Waals surface area contributed by atoms with Crippen molar-refractivity contribution in [3.05, 3.63) is 30.1 Å². The van der Waals surface area contributed by atoms with Crippen molar-refractivity contribution in [2.24, 2.45) is 5.92 Å². The number of carbonyl (C=O) groups is 2. The lowest BCUT2D eigenvalue weighted by Crippen LogP contribution is -2.52. The number of carbonyl (C=O) groups excluding carboxylic acids is 2. The van der Waals surface area contributed by atoms with Crippen molar-refractivity contribution >= 4 is 17.5 Å². The van der Waals surface area contributed by atoms with Gasteiger partial charge in [0, 0.05) is 38.4 Å². The van der Waals surface area contributed by atoms with Gasteiger partial charge in [0.1, 0.15) is 5.82 Å². The molecule has 24 heavy (non-hydrogen) atoms. The average Bonchev–Trinajstić information content (AvgIpc) is 2.83. The molecule has 1 aromatic rings. The van der Waals surface area contributed by atoms with Crippen molar-refractivity contribution < 1.29 is 14.0 Å². The van der Waals surface area contributed by atoms with Crippen LogP contribution in [0.4, 0.5) is 10.1 Å². The zero-order chi connectivity index (χ0) is 17.3. The fourth-order valence-corrected chi connectivity index (χ4v) is 3.45. The minimum Gasteiger partial charge on any atom is -0.369 e. The van der Waals surface area contributed by atoms with Crippen LogP contribution in [-0.4, -0.2) is 60.4 Å². The highest BCUT2D eigenvalue weighted by molar-refractivity contribution is 6.05. The number of halogens is 1. The molecule has 2 saturated heterocycles. The van der Waals surface area contributed by atoms with Gasteiger partial charge in [-0.2, -0.15) is 0 Å². The number of nitrogens with zero attached hydrogens (tertiary/aromatic N) is 3. The van der Waals surface area contributed by atoms with E-state index in [0.29, 0.717) is 13.0 Å². The number of piperazine rings is 1. The summed E-state index contributed by atoms with van der Waals surface area (Å²) >= 11 is 0. The van der Waals surface area contributed by atoms with Crippen LogP contribution in [0.1, 0.15) is 20.3 Å². The predicted octanol–water partition coefficient (Wildman–Crippen LogP) is 1.73. The molecule has 2 aliphatic rings. The summed E-state index contributed by atoms with van der Waals surface area (Å²) in [6.45, 7) is 7.53. The Hall–Kier alpha value is -1.95. The van der Waals surface area contributed by atoms with Gasteiger partial charge in [0.2, 0.25) is 11.8 Å². The Bertz CT molecular complexity index is 609. The zero-order valence-electron chi connectivity index (χ0n) is 14.2. The van der Waals surface area contributed by atoms with Crippen LogP contribution in [0.5, 0.6) is 0 Å². The van der Waals surface area contributed by atoms with Crippen molar-refractivity contribution in [2.45, 2.75) is 26.3 Å². The lowest BCUT2D eigenvalue weighted by molar-refractivity contribution is -0.140. The number of benzene rings is 1. The summed E-state index contributed by atoms with van der Waals surface area (Å²) in [4.78, 5) is 30.4. The Morgan fingerprint density at radius 3 is 2.29 bits per heavy atom. The summed E-state index contributed by atoms with van der Waals surface area (Å²) in [5.74, 6) is -0.0618. The minimum absolute atomic E-state index is 0.0519. The first kappa shape index (κ1) is 16.9. The van der Waals surface area contributed by atoms with Gasteiger partial charge in [-0.1, -0.05) is 13.8 Å². The van der Waals surface area contributed by atoms with Gasteiger partial charge in [-0.3, -0.25) is 19.4 Å². The Balaban J connectivity index is 1.60. The predicted molar refractivity (Wildman–Crippen MR) is 90.1 cm³/mol. The van der Waals surface area contributed by atoms with Gasteiger partial charge in [-0.05, 0) is 30.2 Å². The monoisotopic (exact) mass is 333 g/mol. The van der Waals surface area contributed by atoms with Crippen LogP contribution in [-0.2, 0) is 9.59 Å². The van der Waals surface area contributed by atoms with Crippen LogP contribution in [0.25, 0.3) is 0 Å². The molecule has 1 atom stereocenters. The highest BCUT2D eigenvalue weighted by Crippen LogP contribution is 2.23. The third-order valence-electron chi connectivity index (χ3n) is 4.71. The molecule has 2 fully saturated rings. The van der Waals surface area contributed by atoms with Gasteiger partial charge in [0.15, 0.2) is 0 Å². The fourth-order valence-electron chi connectivity index (χ4n) is 3.45. The molecule has 1 aromatic carbocycles. The number of rotatable bonds is 4. The molecule has 0 spiro atoms. The second-order valence-electron chi connectivity index (χ2n) is 6.96. The average molecular weight is 333 g/mol. The lowest BCUT2D eigenvalue weighted by atomic mass is 10.1. The van der Waals surface area contributed by atoms with E-state index in [1.165, 1.54) is 17.0 Å². The third kappa shape index (κ3) is 3.43. The normalized spacial score (nSPS) is 22.8. The summed E-state index contributed by atoms with van der Waals surface area (Å²) in [5.41, 5.74) is 0.992. The molecule has 2 amide bonds. The maximum atomic E-state index is 13.0. The molecule has 0 saturated carbocycles. The van der Waals surface area contributed by atoms with E-state index < -0.39 is 0 Å². The standard InChI is InChI=1S/C18H24FN3O2/c1-13(2)12-22-17(23)11-16(18(22)24)21-9-7-20(8-10-21)15-5-3-14(19)4-6-15/h3-6,13,16H,7-12H2,1-2H3/t16-/m1/s1. The number of imide groups is 1. The molecule has 0 N–H and O–H groups in total. The first-order valence-electron chi connectivity index (χ1n) is 8.54. The van der Waals surface area contributed by atoms with E-state index in [0.717, 1.165) is 31.9 Å². The molecule has 6 heteroatoms. The maximum Gasteiger partial charge on any atom is 0.247 e. The Morgan fingerprint density at radius 2 is 1.71 bits per heavy atom. The van der Waals surface area contributed by atoms with E-state index in [-0.39, 0.29) is 29.6 Å². The molecule has 130 valence electrons. The van der Waals surface area contributed by atoms with E-state index >= 15 is 0 Å². The van der Waals surface area contributed by atoms with Crippen LogP contribution >= 0.6 is 0 Å². The molecule has 0 bridgehead atoms. The van der Waals surface area contributed by atoms with E-state index in [4.69, 9.17) is 0 Å². The van der Waals surface area contributed by atoms with Crippen LogP contribution < -0.4 is 4.90 Å². The highest BCUT2D eigenvalue weighted by atomic mass is 19.1. The van der Waals surface area contributed by atoms with Crippen molar-refractivity contribution in [3.8, 4) is 0 Å². The number of hydrogen-bond donors (Lipinski definition) is 0. The molecule has 0 unspecified atom stereocenters. The first-order valence-corrected chi connectivity index (χ1v) is 8.54. The van der Waals surface area contributed by atoms with E-state index in [1.807, 2.05) is 13.8 Å². The molecule has 5 nitrogen and oxygen atoms in total. The lowest BCUT2D eigenvalue weighted by Gasteiger charge is -2.38. The van der Waals surface area contributed by atoms with Gasteiger partial charge >= 0.3 is 0 Å². The number of likely N-dealkylation sites (tertiary alicyclic amines) is 1. The molecule has 0 aromatic heterocycles. The van der Waals surface area contributed by atoms with E-state index in [9.17, 15) is 14.0 Å². The van der Waals surface area contributed by atoms with Crippen molar-refractivity contribution in [3.63, 3.8) is 0 Å². The SMILES string of the molecule is CC(C)CN1C(=O)C[C@@H](N2CCN(c3ccc(F)cc3)CC2)C1=O. The highest BCUT2D eigenvalue weighted by Gasteiger charge is 2.42. The summed E-state index contributed by atoms with van der Waals surface area (Å²) in [6.07, 6.45) is 0.294. The second-order valence-corrected chi connectivity index (χ2v) is 6.96. The quantitative estimate of drug-likeness (QED) is 0.787. The summed E-state index contributed by atoms with van der Waals surface area (Å²) in [5, 5.41) is 0. The fraction of sp³-hybridized carbons (Fsp3) is 0.556. The molecule has 0 radical (unpaired) electrons. The second kappa shape index (κ2) is 6.89. The van der Waals surface area contributed by atoms with Crippen LogP contribution in [0, 0.1) is 11.7 Å². The first-order chi connectivity index (χ1) is 11.5. The van der Waals surface area contributed by atoms with E-state index in [1.54, 1.807) is 12.1 Å². The zero-order valence-corrected chi connectivity index (χ0v) is 14.2. The van der Waals surface area contributed by atoms with Gasteiger partial charge in [-0.25, -0.2) is 4.39 Å². The van der Waals surface area contributed by atoms with Crippen LogP contribution in [0.2, 0.25) is 0 Å². The molecule has 3 rings (SSSR count). The van der Waals surface area contributed by atoms with Crippen LogP contribution in [0.3, 0.4) is 0 Å². The van der Waals surface area contributed by atoms with Crippen molar-refractivity contribution in [1.82, 2.24) is 9.80 Å². The van der Waals surface area contributed by atoms with Crippen molar-refractivity contribution in [2.75, 3.05) is 37.6 Å². The van der Waals surface area contributed by atoms with E-state index in [2.05, 4.69) is 9.80 Å². The molecular weight excluding hydrogens is 309 g/mol. The number of anilines is 1. The number of hydrogen-bond acceptors (Lipinski definition) is 4. The Morgan fingerprint density at radius 1 is 1.08 bits per heavy atom. The summed E-state index contributed by atoms with van der Waals surface area (Å²) in [7, 11) is 0. The third-order valence-corrected chi connectivity index (χ3v) is 4.71. The largest absolute Gasteiger partial charge is 0.369 e. The van der Waals surface area contributed by atoms with Gasteiger partial charge < -0.3 is 4.90 Å². The molecule has 0 aliphatic carbocycles. The topological polar surface area (TPSA) is 43.9 Å². The Kier molecular flexibility index (Phi) is 4.85. The van der Waals surface area contributed by atoms with Gasteiger partial charge in [0.25, 0.3) is 0 Å². The number of amides is 2. The minimum atomic E-state index is -0.313. The van der Waals surface area contributed by atoms with Crippen molar-refractivity contribution in [1.29, 1.82) is 0 Å². The smallest absolute Gasteiger partial charge is 0.247 e. The van der Waals surface area contributed by atoms with Gasteiger partial charge in [-0.15, -0.1) is 0 Å². The van der Waals surface area contributed by atoms with Crippen LogP contribution in [0.15, 0.2) is 24.3 Å². The summed E-state index contributed by atoms with van der Waals surface area (Å²) < 4.78 is 13.0. The Labute approximate surface area is 142 Å². The molecule has 2 aliphatic heterocycles. The van der Waals surface area contributed by atoms with Gasteiger partial charge in [0.05, 0.1) is 12.5 Å². The molecule has 2 heterocycles. The summed E-state index contributed by atoms with van der Waals surface area (Å²) in [6, 6.07) is 6.17.